The molecular formula is C10H13ClN2O3S2. The van der Waals surface area contributed by atoms with Crippen LogP contribution in [0, 0.1) is 0 Å². The first-order valence-corrected chi connectivity index (χ1v) is 8.30. The molecule has 1 heterocycles. The SMILES string of the molecule is O=S(=O)(Nc1ccc(O)c(Cl)c1)N1CCSCC1. The highest BCUT2D eigenvalue weighted by Crippen LogP contribution is 2.27. The smallest absolute Gasteiger partial charge is 0.301 e. The summed E-state index contributed by atoms with van der Waals surface area (Å²) in [7, 11) is -3.54. The molecule has 0 bridgehead atoms. The zero-order valence-electron chi connectivity index (χ0n) is 9.47. The van der Waals surface area contributed by atoms with E-state index in [1.54, 1.807) is 11.8 Å². The van der Waals surface area contributed by atoms with Gasteiger partial charge in [-0.3, -0.25) is 4.72 Å². The highest BCUT2D eigenvalue weighted by Gasteiger charge is 2.24. The largest absolute Gasteiger partial charge is 0.506 e. The lowest BCUT2D eigenvalue weighted by Crippen LogP contribution is -2.41. The third kappa shape index (κ3) is 3.23. The molecule has 1 fully saturated rings. The third-order valence-electron chi connectivity index (χ3n) is 2.50. The van der Waals surface area contributed by atoms with Crippen LogP contribution in [0.1, 0.15) is 0 Å². The Bertz CT molecular complexity index is 530. The van der Waals surface area contributed by atoms with Crippen LogP contribution in [0.25, 0.3) is 0 Å². The molecule has 2 N–H and O–H groups in total. The van der Waals surface area contributed by atoms with Crippen LogP contribution in [-0.2, 0) is 10.2 Å². The van der Waals surface area contributed by atoms with Gasteiger partial charge in [-0.25, -0.2) is 0 Å². The number of thioether (sulfide) groups is 1. The van der Waals surface area contributed by atoms with E-state index in [1.807, 2.05) is 0 Å². The Morgan fingerprint density at radius 2 is 2.00 bits per heavy atom. The Balaban J connectivity index is 2.13. The fraction of sp³-hybridized carbons (Fsp3) is 0.400. The zero-order valence-corrected chi connectivity index (χ0v) is 11.9. The summed E-state index contributed by atoms with van der Waals surface area (Å²) in [4.78, 5) is 0. The molecule has 1 aliphatic heterocycles. The second-order valence-electron chi connectivity index (χ2n) is 3.78. The van der Waals surface area contributed by atoms with E-state index < -0.39 is 10.2 Å². The van der Waals surface area contributed by atoms with Gasteiger partial charge in [-0.05, 0) is 18.2 Å². The maximum absolute atomic E-state index is 12.1. The molecule has 5 nitrogen and oxygen atoms in total. The van der Waals surface area contributed by atoms with E-state index >= 15 is 0 Å². The molecule has 18 heavy (non-hydrogen) atoms. The van der Waals surface area contributed by atoms with Crippen LogP contribution in [0.2, 0.25) is 5.02 Å². The van der Waals surface area contributed by atoms with Crippen molar-refractivity contribution in [2.45, 2.75) is 0 Å². The average Bonchev–Trinajstić information content (AvgIpc) is 2.35. The lowest BCUT2D eigenvalue weighted by molar-refractivity contribution is 0.448. The molecule has 0 atom stereocenters. The topological polar surface area (TPSA) is 69.6 Å². The molecule has 0 aromatic heterocycles. The summed E-state index contributed by atoms with van der Waals surface area (Å²) in [5.74, 6) is 1.53. The first kappa shape index (κ1) is 13.8. The molecule has 2 rings (SSSR count). The molecule has 1 saturated heterocycles. The number of aromatic hydroxyl groups is 1. The Labute approximate surface area is 115 Å². The maximum atomic E-state index is 12.1. The van der Waals surface area contributed by atoms with Crippen molar-refractivity contribution in [3.8, 4) is 5.75 Å². The van der Waals surface area contributed by atoms with Crippen LogP contribution in [0.3, 0.4) is 0 Å². The van der Waals surface area contributed by atoms with Crippen molar-refractivity contribution < 1.29 is 13.5 Å². The van der Waals surface area contributed by atoms with Crippen molar-refractivity contribution in [1.29, 1.82) is 0 Å². The molecule has 0 amide bonds. The molecule has 0 spiro atoms. The second kappa shape index (κ2) is 5.56. The Morgan fingerprint density at radius 1 is 1.33 bits per heavy atom. The first-order valence-electron chi connectivity index (χ1n) is 5.33. The molecule has 0 saturated carbocycles. The lowest BCUT2D eigenvalue weighted by atomic mass is 10.3. The van der Waals surface area contributed by atoms with Gasteiger partial charge in [-0.15, -0.1) is 0 Å². The summed E-state index contributed by atoms with van der Waals surface area (Å²) in [6.07, 6.45) is 0. The quantitative estimate of drug-likeness (QED) is 0.835. The Morgan fingerprint density at radius 3 is 2.61 bits per heavy atom. The molecular weight excluding hydrogens is 296 g/mol. The minimum atomic E-state index is -3.54. The fourth-order valence-corrected chi connectivity index (χ4v) is 4.10. The number of benzene rings is 1. The number of nitrogens with one attached hydrogen (secondary N) is 1. The van der Waals surface area contributed by atoms with Crippen LogP contribution in [0.15, 0.2) is 18.2 Å². The van der Waals surface area contributed by atoms with Gasteiger partial charge in [0.1, 0.15) is 5.75 Å². The van der Waals surface area contributed by atoms with Gasteiger partial charge in [-0.1, -0.05) is 11.6 Å². The van der Waals surface area contributed by atoms with E-state index in [4.69, 9.17) is 11.6 Å². The van der Waals surface area contributed by atoms with Gasteiger partial charge in [0, 0.05) is 24.6 Å². The predicted octanol–water partition coefficient (Wildman–Crippen LogP) is 1.75. The highest BCUT2D eigenvalue weighted by atomic mass is 35.5. The number of hydrogen-bond acceptors (Lipinski definition) is 4. The van der Waals surface area contributed by atoms with Gasteiger partial charge in [0.05, 0.1) is 10.7 Å². The molecule has 8 heteroatoms. The normalized spacial score (nSPS) is 17.6. The van der Waals surface area contributed by atoms with Gasteiger partial charge < -0.3 is 5.11 Å². The van der Waals surface area contributed by atoms with Crippen molar-refractivity contribution >= 4 is 39.3 Å². The number of rotatable bonds is 3. The Kier molecular flexibility index (Phi) is 4.26. The molecule has 0 radical (unpaired) electrons. The minimum Gasteiger partial charge on any atom is -0.506 e. The monoisotopic (exact) mass is 308 g/mol. The summed E-state index contributed by atoms with van der Waals surface area (Å²) >= 11 is 7.46. The van der Waals surface area contributed by atoms with Crippen molar-refractivity contribution in [2.75, 3.05) is 29.3 Å². The number of phenols is 1. The average molecular weight is 309 g/mol. The number of nitrogens with zero attached hydrogens (tertiary/aromatic N) is 1. The minimum absolute atomic E-state index is 0.0750. The molecule has 1 aromatic carbocycles. The number of anilines is 1. The summed E-state index contributed by atoms with van der Waals surface area (Å²) in [6, 6.07) is 4.21. The van der Waals surface area contributed by atoms with Crippen molar-refractivity contribution in [3.05, 3.63) is 23.2 Å². The summed E-state index contributed by atoms with van der Waals surface area (Å²) in [5.41, 5.74) is 0.344. The van der Waals surface area contributed by atoms with Crippen molar-refractivity contribution in [2.24, 2.45) is 0 Å². The number of hydrogen-bond donors (Lipinski definition) is 2. The van der Waals surface area contributed by atoms with E-state index in [0.29, 0.717) is 18.8 Å². The molecule has 100 valence electrons. The predicted molar refractivity (Wildman–Crippen MR) is 74.6 cm³/mol. The van der Waals surface area contributed by atoms with Gasteiger partial charge >= 0.3 is 10.2 Å². The van der Waals surface area contributed by atoms with Gasteiger partial charge in [0.25, 0.3) is 0 Å². The van der Waals surface area contributed by atoms with Gasteiger partial charge in [-0.2, -0.15) is 24.5 Å². The first-order chi connectivity index (χ1) is 8.49. The Hall–Kier alpha value is -0.630. The lowest BCUT2D eigenvalue weighted by Gasteiger charge is -2.26. The van der Waals surface area contributed by atoms with E-state index in [2.05, 4.69) is 4.72 Å². The molecule has 0 aliphatic carbocycles. The van der Waals surface area contributed by atoms with Crippen LogP contribution in [0.5, 0.6) is 5.75 Å². The fourth-order valence-electron chi connectivity index (χ4n) is 1.57. The molecule has 1 aliphatic rings. The van der Waals surface area contributed by atoms with E-state index in [1.165, 1.54) is 22.5 Å². The van der Waals surface area contributed by atoms with Gasteiger partial charge in [0.2, 0.25) is 0 Å². The van der Waals surface area contributed by atoms with Crippen LogP contribution in [-0.4, -0.2) is 42.4 Å². The van der Waals surface area contributed by atoms with E-state index in [0.717, 1.165) is 11.5 Å². The van der Waals surface area contributed by atoms with E-state index in [9.17, 15) is 13.5 Å². The van der Waals surface area contributed by atoms with E-state index in [-0.39, 0.29) is 10.8 Å². The molecule has 1 aromatic rings. The number of halogens is 1. The van der Waals surface area contributed by atoms with Gasteiger partial charge in [0.15, 0.2) is 0 Å². The number of phenolic OH excluding ortho intramolecular Hbond substituents is 1. The van der Waals surface area contributed by atoms with Crippen LogP contribution < -0.4 is 4.72 Å². The standard InChI is InChI=1S/C10H13ClN2O3S2/c11-9-7-8(1-2-10(9)14)12-18(15,16)13-3-5-17-6-4-13/h1-2,7,12,14H,3-6H2. The molecule has 0 unspecified atom stereocenters. The van der Waals surface area contributed by atoms with Crippen molar-refractivity contribution in [3.63, 3.8) is 0 Å². The van der Waals surface area contributed by atoms with Crippen LogP contribution >= 0.6 is 23.4 Å². The summed E-state index contributed by atoms with van der Waals surface area (Å²) < 4.78 is 28.0. The summed E-state index contributed by atoms with van der Waals surface area (Å²) in [5, 5.41) is 9.38. The third-order valence-corrected chi connectivity index (χ3v) is 5.29. The second-order valence-corrected chi connectivity index (χ2v) is 7.09. The summed E-state index contributed by atoms with van der Waals surface area (Å²) in [6.45, 7) is 1.01. The highest BCUT2D eigenvalue weighted by molar-refractivity contribution is 7.99. The maximum Gasteiger partial charge on any atom is 0.301 e. The van der Waals surface area contributed by atoms with Crippen molar-refractivity contribution in [1.82, 2.24) is 4.31 Å². The zero-order chi connectivity index (χ0) is 13.2. The van der Waals surface area contributed by atoms with Crippen LogP contribution in [0.4, 0.5) is 5.69 Å².